The summed E-state index contributed by atoms with van der Waals surface area (Å²) < 4.78 is 21.8. The Balaban J connectivity index is 1.78. The molecule has 0 spiro atoms. The monoisotopic (exact) mass is 393 g/mol. The maximum absolute atomic E-state index is 14.1. The lowest BCUT2D eigenvalue weighted by Crippen LogP contribution is -2.34. The summed E-state index contributed by atoms with van der Waals surface area (Å²) in [5.41, 5.74) is 5.37. The van der Waals surface area contributed by atoms with Crippen LogP contribution in [-0.2, 0) is 11.3 Å². The molecular weight excluding hydrogens is 377 g/mol. The molecule has 13 nitrogen and oxygen atoms in total. The van der Waals surface area contributed by atoms with Crippen molar-refractivity contribution in [3.63, 3.8) is 0 Å². The van der Waals surface area contributed by atoms with Gasteiger partial charge in [-0.1, -0.05) is 6.08 Å². The number of nitrogens with zero attached hydrogens (tertiary/aromatic N) is 7. The van der Waals surface area contributed by atoms with Gasteiger partial charge in [0, 0.05) is 6.54 Å². The van der Waals surface area contributed by atoms with Gasteiger partial charge in [0.2, 0.25) is 5.95 Å². The average molecular weight is 393 g/mol. The van der Waals surface area contributed by atoms with Crippen LogP contribution in [-0.4, -0.2) is 74.9 Å². The van der Waals surface area contributed by atoms with Gasteiger partial charge in [-0.3, -0.25) is 4.57 Å². The van der Waals surface area contributed by atoms with E-state index in [1.807, 2.05) is 0 Å². The number of tetrazole rings is 1. The summed E-state index contributed by atoms with van der Waals surface area (Å²) >= 11 is 0. The first-order valence-corrected chi connectivity index (χ1v) is 8.23. The van der Waals surface area contributed by atoms with E-state index in [1.54, 1.807) is 6.08 Å². The standard InChI is InChI=1S/C14H16FN9O4/c15-9-7(5-25)28-12(10(9)26)24-11-6(4-17-13(16)18-11)23(14(24)27)3-1-2-8-19-21-22-20-8/h1-2,4,7,9-10,12,25-26H,3,5H2,(H2,16,17,18)(H,19,20,21,22)/b2-1+/t7-,9-,10-,12-/m1/s1. The Morgan fingerprint density at radius 1 is 1.46 bits per heavy atom. The number of nitrogens with one attached hydrogen (secondary N) is 1. The molecule has 0 aromatic carbocycles. The molecule has 0 bridgehead atoms. The van der Waals surface area contributed by atoms with Gasteiger partial charge in [-0.05, 0) is 11.3 Å². The van der Waals surface area contributed by atoms with E-state index in [2.05, 4.69) is 30.6 Å². The van der Waals surface area contributed by atoms with Crippen molar-refractivity contribution in [1.82, 2.24) is 39.7 Å². The number of halogens is 1. The highest BCUT2D eigenvalue weighted by Crippen LogP contribution is 2.32. The molecule has 1 aliphatic rings. The van der Waals surface area contributed by atoms with Gasteiger partial charge in [0.1, 0.15) is 17.7 Å². The number of allylic oxidation sites excluding steroid dienone is 1. The van der Waals surface area contributed by atoms with Gasteiger partial charge in [0.15, 0.2) is 23.9 Å². The fourth-order valence-corrected chi connectivity index (χ4v) is 3.05. The number of hydrogen-bond donors (Lipinski definition) is 4. The number of imidazole rings is 1. The van der Waals surface area contributed by atoms with Crippen LogP contribution >= 0.6 is 0 Å². The Labute approximate surface area is 155 Å². The molecular formula is C14H16FN9O4. The predicted octanol–water partition coefficient (Wildman–Crippen LogP) is -2.01. The SMILES string of the molecule is Nc1ncc2c(n1)n([C@@H]1O[C@H](CO)[C@@H](F)[C@H]1O)c(=O)n2C/C=C/c1nn[nH]n1. The first-order valence-electron chi connectivity index (χ1n) is 8.23. The van der Waals surface area contributed by atoms with Crippen LogP contribution in [0.3, 0.4) is 0 Å². The summed E-state index contributed by atoms with van der Waals surface area (Å²) in [7, 11) is 0. The summed E-state index contributed by atoms with van der Waals surface area (Å²) in [6, 6.07) is 0. The molecule has 4 rings (SSSR count). The van der Waals surface area contributed by atoms with Crippen LogP contribution in [0.15, 0.2) is 17.1 Å². The number of H-pyrrole nitrogens is 1. The fourth-order valence-electron chi connectivity index (χ4n) is 3.05. The third-order valence-electron chi connectivity index (χ3n) is 4.36. The summed E-state index contributed by atoms with van der Waals surface area (Å²) in [6.07, 6.45) is -1.68. The van der Waals surface area contributed by atoms with Crippen molar-refractivity contribution < 1.29 is 19.3 Å². The summed E-state index contributed by atoms with van der Waals surface area (Å²) in [4.78, 5) is 20.9. The Kier molecular flexibility index (Phi) is 4.58. The van der Waals surface area contributed by atoms with E-state index >= 15 is 0 Å². The minimum Gasteiger partial charge on any atom is -0.394 e. The van der Waals surface area contributed by atoms with Crippen LogP contribution in [0, 0.1) is 0 Å². The highest BCUT2D eigenvalue weighted by atomic mass is 19.1. The molecule has 1 aliphatic heterocycles. The molecule has 0 radical (unpaired) electrons. The van der Waals surface area contributed by atoms with E-state index in [9.17, 15) is 19.4 Å². The van der Waals surface area contributed by atoms with Gasteiger partial charge in [-0.2, -0.15) is 10.2 Å². The quantitative estimate of drug-likeness (QED) is 0.378. The average Bonchev–Trinajstić information content (AvgIpc) is 3.36. The number of aromatic nitrogens is 8. The minimum absolute atomic E-state index is 0.0697. The maximum Gasteiger partial charge on any atom is 0.332 e. The maximum atomic E-state index is 14.1. The van der Waals surface area contributed by atoms with Crippen molar-refractivity contribution in [2.45, 2.75) is 31.2 Å². The van der Waals surface area contributed by atoms with Gasteiger partial charge in [-0.25, -0.2) is 18.7 Å². The number of ether oxygens (including phenoxy) is 1. The fraction of sp³-hybridized carbons (Fsp3) is 0.429. The van der Waals surface area contributed by atoms with Gasteiger partial charge < -0.3 is 20.7 Å². The van der Waals surface area contributed by atoms with Crippen LogP contribution in [0.2, 0.25) is 0 Å². The van der Waals surface area contributed by atoms with Crippen molar-refractivity contribution in [2.24, 2.45) is 0 Å². The number of nitrogens with two attached hydrogens (primary N) is 1. The Bertz CT molecular complexity index is 1060. The first-order chi connectivity index (χ1) is 13.5. The lowest BCUT2D eigenvalue weighted by molar-refractivity contribution is -0.0513. The summed E-state index contributed by atoms with van der Waals surface area (Å²) in [6.45, 7) is -0.567. The molecule has 1 fully saturated rings. The number of anilines is 1. The van der Waals surface area contributed by atoms with E-state index in [1.165, 1.54) is 16.8 Å². The molecule has 1 saturated heterocycles. The number of aliphatic hydroxyl groups is 2. The summed E-state index contributed by atoms with van der Waals surface area (Å²) in [5, 5.41) is 32.6. The molecule has 5 N–H and O–H groups in total. The molecule has 0 amide bonds. The Morgan fingerprint density at radius 3 is 2.96 bits per heavy atom. The number of hydrogen-bond acceptors (Lipinski definition) is 10. The van der Waals surface area contributed by atoms with E-state index < -0.39 is 36.9 Å². The molecule has 0 unspecified atom stereocenters. The zero-order chi connectivity index (χ0) is 19.8. The molecule has 14 heteroatoms. The van der Waals surface area contributed by atoms with Crippen LogP contribution in [0.25, 0.3) is 17.2 Å². The molecule has 4 heterocycles. The summed E-state index contributed by atoms with van der Waals surface area (Å²) in [5.74, 6) is 0.210. The number of fused-ring (bicyclic) bond motifs is 1. The normalized spacial score (nSPS) is 25.2. The highest BCUT2D eigenvalue weighted by molar-refractivity contribution is 5.72. The zero-order valence-corrected chi connectivity index (χ0v) is 14.3. The second kappa shape index (κ2) is 7.06. The highest BCUT2D eigenvalue weighted by Gasteiger charge is 2.46. The van der Waals surface area contributed by atoms with E-state index in [4.69, 9.17) is 10.5 Å². The minimum atomic E-state index is -1.86. The van der Waals surface area contributed by atoms with Crippen molar-refractivity contribution in [3.05, 3.63) is 28.6 Å². The second-order valence-corrected chi connectivity index (χ2v) is 6.06. The number of aliphatic hydroxyl groups excluding tert-OH is 2. The van der Waals surface area contributed by atoms with Crippen LogP contribution in [0.4, 0.5) is 10.3 Å². The molecule has 3 aromatic heterocycles. The lowest BCUT2D eigenvalue weighted by Gasteiger charge is -2.15. The third-order valence-corrected chi connectivity index (χ3v) is 4.36. The number of nitrogen functional groups attached to an aromatic ring is 1. The zero-order valence-electron chi connectivity index (χ0n) is 14.3. The van der Waals surface area contributed by atoms with Crippen molar-refractivity contribution in [2.75, 3.05) is 12.3 Å². The molecule has 3 aromatic rings. The van der Waals surface area contributed by atoms with Gasteiger partial charge in [0.25, 0.3) is 0 Å². The smallest absolute Gasteiger partial charge is 0.332 e. The van der Waals surface area contributed by atoms with Crippen molar-refractivity contribution in [3.8, 4) is 0 Å². The lowest BCUT2D eigenvalue weighted by atomic mass is 10.1. The second-order valence-electron chi connectivity index (χ2n) is 6.06. The first kappa shape index (κ1) is 18.1. The molecule has 4 atom stereocenters. The number of rotatable bonds is 5. The van der Waals surface area contributed by atoms with Gasteiger partial charge in [-0.15, -0.1) is 10.2 Å². The predicted molar refractivity (Wildman–Crippen MR) is 91.3 cm³/mol. The van der Waals surface area contributed by atoms with E-state index in [0.29, 0.717) is 11.3 Å². The molecule has 28 heavy (non-hydrogen) atoms. The van der Waals surface area contributed by atoms with E-state index in [-0.39, 0.29) is 18.1 Å². The van der Waals surface area contributed by atoms with E-state index in [0.717, 1.165) is 4.57 Å². The van der Waals surface area contributed by atoms with Gasteiger partial charge >= 0.3 is 5.69 Å². The van der Waals surface area contributed by atoms with Crippen LogP contribution in [0.5, 0.6) is 0 Å². The van der Waals surface area contributed by atoms with Crippen LogP contribution in [0.1, 0.15) is 12.1 Å². The topological polar surface area (TPSA) is 183 Å². The Hall–Kier alpha value is -3.23. The van der Waals surface area contributed by atoms with Crippen LogP contribution < -0.4 is 11.4 Å². The van der Waals surface area contributed by atoms with Crippen molar-refractivity contribution >= 4 is 23.2 Å². The molecule has 148 valence electrons. The number of aromatic amines is 1. The molecule has 0 aliphatic carbocycles. The van der Waals surface area contributed by atoms with Crippen molar-refractivity contribution in [1.29, 1.82) is 0 Å². The number of alkyl halides is 1. The third kappa shape index (κ3) is 2.92. The van der Waals surface area contributed by atoms with Gasteiger partial charge in [0.05, 0.1) is 12.8 Å². The molecule has 0 saturated carbocycles. The largest absolute Gasteiger partial charge is 0.394 e. The Morgan fingerprint density at radius 2 is 2.29 bits per heavy atom.